The Morgan fingerprint density at radius 2 is 2.09 bits per heavy atom. The highest BCUT2D eigenvalue weighted by atomic mass is 79.9. The number of rotatable bonds is 6. The maximum Gasteiger partial charge on any atom is 0.244 e. The van der Waals surface area contributed by atoms with Crippen LogP contribution in [0.1, 0.15) is 16.5 Å². The molecule has 0 aliphatic rings. The minimum atomic E-state index is -0.0841. The van der Waals surface area contributed by atoms with Crippen LogP contribution in [0, 0.1) is 0 Å². The first kappa shape index (κ1) is 16.9. The number of amides is 1. The van der Waals surface area contributed by atoms with Crippen molar-refractivity contribution >= 4 is 39.2 Å². The second kappa shape index (κ2) is 8.27. The van der Waals surface area contributed by atoms with E-state index in [2.05, 4.69) is 37.6 Å². The molecule has 0 saturated carbocycles. The van der Waals surface area contributed by atoms with Gasteiger partial charge in [0.15, 0.2) is 0 Å². The van der Waals surface area contributed by atoms with Crippen molar-refractivity contribution in [3.8, 4) is 0 Å². The number of hydrogen-bond donors (Lipinski definition) is 1. The highest BCUT2D eigenvalue weighted by molar-refractivity contribution is 9.10. The summed E-state index contributed by atoms with van der Waals surface area (Å²) in [6.07, 6.45) is 3.39. The molecule has 5 heteroatoms. The maximum atomic E-state index is 12.0. The van der Waals surface area contributed by atoms with Gasteiger partial charge in [-0.3, -0.25) is 4.79 Å². The molecule has 1 aromatic carbocycles. The molecule has 0 saturated heterocycles. The summed E-state index contributed by atoms with van der Waals surface area (Å²) in [6, 6.07) is 12.1. The number of thiophene rings is 1. The number of carbonyl (C=O) groups is 1. The van der Waals surface area contributed by atoms with Crippen LogP contribution in [0.4, 0.5) is 0 Å². The Morgan fingerprint density at radius 1 is 1.32 bits per heavy atom. The number of nitrogens with zero attached hydrogens (tertiary/aromatic N) is 1. The van der Waals surface area contributed by atoms with Crippen LogP contribution in [0.25, 0.3) is 6.08 Å². The maximum absolute atomic E-state index is 12.0. The van der Waals surface area contributed by atoms with Gasteiger partial charge in [-0.2, -0.15) is 0 Å². The molecule has 3 nitrogen and oxygen atoms in total. The van der Waals surface area contributed by atoms with Gasteiger partial charge in [0.25, 0.3) is 0 Å². The van der Waals surface area contributed by atoms with E-state index >= 15 is 0 Å². The fraction of sp³-hybridized carbons (Fsp3) is 0.235. The van der Waals surface area contributed by atoms with Crippen LogP contribution in [-0.4, -0.2) is 31.4 Å². The van der Waals surface area contributed by atoms with Gasteiger partial charge >= 0.3 is 0 Å². The van der Waals surface area contributed by atoms with Crippen molar-refractivity contribution in [2.45, 2.75) is 6.04 Å². The van der Waals surface area contributed by atoms with E-state index < -0.39 is 0 Å². The van der Waals surface area contributed by atoms with E-state index in [9.17, 15) is 4.79 Å². The molecule has 0 aliphatic carbocycles. The standard InChI is InChI=1S/C17H19BrN2OS/c1-20(2)15(16-8-5-11-22-16)12-19-17(21)10-9-13-6-3-4-7-14(13)18/h3-11,15H,12H2,1-2H3,(H,19,21)/b10-9+. The van der Waals surface area contributed by atoms with Crippen LogP contribution >= 0.6 is 27.3 Å². The van der Waals surface area contributed by atoms with Gasteiger partial charge in [0.1, 0.15) is 0 Å². The first-order valence-corrected chi connectivity index (χ1v) is 8.65. The Hall–Kier alpha value is -1.43. The third-order valence-corrected chi connectivity index (χ3v) is 4.98. The summed E-state index contributed by atoms with van der Waals surface area (Å²) in [5, 5.41) is 5.02. The third-order valence-electron chi connectivity index (χ3n) is 3.28. The van der Waals surface area contributed by atoms with Crippen LogP contribution in [0.3, 0.4) is 0 Å². The van der Waals surface area contributed by atoms with E-state index in [1.54, 1.807) is 17.4 Å². The normalized spacial score (nSPS) is 12.7. The smallest absolute Gasteiger partial charge is 0.244 e. The van der Waals surface area contributed by atoms with E-state index in [0.717, 1.165) is 10.0 Å². The number of carbonyl (C=O) groups excluding carboxylic acids is 1. The molecule has 0 bridgehead atoms. The van der Waals surface area contributed by atoms with Crippen molar-refractivity contribution in [3.63, 3.8) is 0 Å². The van der Waals surface area contributed by atoms with E-state index in [0.29, 0.717) is 6.54 Å². The molecule has 2 rings (SSSR count). The summed E-state index contributed by atoms with van der Waals surface area (Å²) < 4.78 is 0.976. The molecule has 1 aromatic heterocycles. The highest BCUT2D eigenvalue weighted by Gasteiger charge is 2.15. The first-order valence-electron chi connectivity index (χ1n) is 6.98. The molecule has 1 unspecified atom stereocenters. The van der Waals surface area contributed by atoms with Gasteiger partial charge in [-0.1, -0.05) is 40.2 Å². The van der Waals surface area contributed by atoms with Crippen LogP contribution in [-0.2, 0) is 4.79 Å². The Kier molecular flexibility index (Phi) is 6.36. The van der Waals surface area contributed by atoms with Crippen molar-refractivity contribution in [2.75, 3.05) is 20.6 Å². The average Bonchev–Trinajstić information content (AvgIpc) is 3.00. The monoisotopic (exact) mass is 378 g/mol. The molecule has 0 aliphatic heterocycles. The van der Waals surface area contributed by atoms with Gasteiger partial charge in [0, 0.05) is 22.0 Å². The Balaban J connectivity index is 1.93. The van der Waals surface area contributed by atoms with Crippen molar-refractivity contribution in [3.05, 3.63) is 62.8 Å². The van der Waals surface area contributed by atoms with E-state index in [-0.39, 0.29) is 11.9 Å². The van der Waals surface area contributed by atoms with Gasteiger partial charge < -0.3 is 10.2 Å². The summed E-state index contributed by atoms with van der Waals surface area (Å²) >= 11 is 5.17. The molecule has 22 heavy (non-hydrogen) atoms. The zero-order valence-electron chi connectivity index (χ0n) is 12.6. The molecule has 116 valence electrons. The lowest BCUT2D eigenvalue weighted by Gasteiger charge is -2.23. The third kappa shape index (κ3) is 4.80. The molecule has 1 heterocycles. The lowest BCUT2D eigenvalue weighted by Crippen LogP contribution is -2.33. The second-order valence-corrected chi connectivity index (χ2v) is 6.93. The molecule has 1 amide bonds. The summed E-state index contributed by atoms with van der Waals surface area (Å²) in [7, 11) is 4.04. The molecule has 1 N–H and O–H groups in total. The fourth-order valence-corrected chi connectivity index (χ4v) is 3.39. The van der Waals surface area contributed by atoms with Gasteiger partial charge in [-0.05, 0) is 43.2 Å². The zero-order valence-corrected chi connectivity index (χ0v) is 15.0. The van der Waals surface area contributed by atoms with Crippen molar-refractivity contribution in [1.29, 1.82) is 0 Å². The first-order chi connectivity index (χ1) is 10.6. The van der Waals surface area contributed by atoms with E-state index in [1.165, 1.54) is 4.88 Å². The predicted molar refractivity (Wildman–Crippen MR) is 96.9 cm³/mol. The predicted octanol–water partition coefficient (Wildman–Crippen LogP) is 3.94. The van der Waals surface area contributed by atoms with Crippen molar-refractivity contribution in [2.24, 2.45) is 0 Å². The van der Waals surface area contributed by atoms with Gasteiger partial charge in [0.05, 0.1) is 6.04 Å². The highest BCUT2D eigenvalue weighted by Crippen LogP contribution is 2.22. The topological polar surface area (TPSA) is 32.3 Å². The molecule has 2 aromatic rings. The second-order valence-electron chi connectivity index (χ2n) is 5.09. The fourth-order valence-electron chi connectivity index (χ4n) is 2.05. The number of likely N-dealkylation sites (N-methyl/N-ethyl adjacent to an activating group) is 1. The Morgan fingerprint density at radius 3 is 2.73 bits per heavy atom. The SMILES string of the molecule is CN(C)C(CNC(=O)/C=C/c1ccccc1Br)c1cccs1. The molecular weight excluding hydrogens is 360 g/mol. The quantitative estimate of drug-likeness (QED) is 0.771. The number of hydrogen-bond acceptors (Lipinski definition) is 3. The van der Waals surface area contributed by atoms with E-state index in [4.69, 9.17) is 0 Å². The molecule has 0 radical (unpaired) electrons. The lowest BCUT2D eigenvalue weighted by molar-refractivity contribution is -0.116. The van der Waals surface area contributed by atoms with Crippen LogP contribution < -0.4 is 5.32 Å². The van der Waals surface area contributed by atoms with Gasteiger partial charge in [-0.15, -0.1) is 11.3 Å². The molecule has 0 spiro atoms. The zero-order chi connectivity index (χ0) is 15.9. The van der Waals surface area contributed by atoms with Crippen LogP contribution in [0.5, 0.6) is 0 Å². The molecular formula is C17H19BrN2OS. The summed E-state index contributed by atoms with van der Waals surface area (Å²) in [5.41, 5.74) is 0.986. The number of nitrogens with one attached hydrogen (secondary N) is 1. The largest absolute Gasteiger partial charge is 0.351 e. The van der Waals surface area contributed by atoms with Crippen LogP contribution in [0.2, 0.25) is 0 Å². The average molecular weight is 379 g/mol. The van der Waals surface area contributed by atoms with E-state index in [1.807, 2.05) is 50.5 Å². The van der Waals surface area contributed by atoms with Crippen LogP contribution in [0.15, 0.2) is 52.3 Å². The van der Waals surface area contributed by atoms with Crippen molar-refractivity contribution < 1.29 is 4.79 Å². The van der Waals surface area contributed by atoms with Crippen molar-refractivity contribution in [1.82, 2.24) is 10.2 Å². The number of benzene rings is 1. The number of halogens is 1. The Bertz CT molecular complexity index is 638. The van der Waals surface area contributed by atoms with Gasteiger partial charge in [0.2, 0.25) is 5.91 Å². The minimum Gasteiger partial charge on any atom is -0.351 e. The van der Waals surface area contributed by atoms with Gasteiger partial charge in [-0.25, -0.2) is 0 Å². The summed E-state index contributed by atoms with van der Waals surface area (Å²) in [4.78, 5) is 15.4. The molecule has 1 atom stereocenters. The lowest BCUT2D eigenvalue weighted by atomic mass is 10.2. The summed E-state index contributed by atoms with van der Waals surface area (Å²) in [6.45, 7) is 0.590. The minimum absolute atomic E-state index is 0.0841. The molecule has 0 fully saturated rings. The summed E-state index contributed by atoms with van der Waals surface area (Å²) in [5.74, 6) is -0.0841. The Labute approximate surface area is 143 Å².